The van der Waals surface area contributed by atoms with E-state index >= 15 is 0 Å². The molecule has 0 saturated heterocycles. The van der Waals surface area contributed by atoms with Crippen molar-refractivity contribution in [3.8, 4) is 0 Å². The fourth-order valence-corrected chi connectivity index (χ4v) is 2.24. The lowest BCUT2D eigenvalue weighted by Crippen LogP contribution is -2.40. The number of nitrogens with one attached hydrogen (secondary N) is 1. The average molecular weight is 243 g/mol. The molecule has 0 saturated carbocycles. The molecule has 1 unspecified atom stereocenters. The molecule has 2 aromatic carbocycles. The van der Waals surface area contributed by atoms with E-state index in [9.17, 15) is 14.3 Å². The van der Waals surface area contributed by atoms with Crippen LogP contribution in [-0.4, -0.2) is 11.0 Å². The Morgan fingerprint density at radius 3 is 2.67 bits per heavy atom. The Morgan fingerprint density at radius 2 is 1.89 bits per heavy atom. The predicted molar refractivity (Wildman–Crippen MR) is 63.3 cm³/mol. The van der Waals surface area contributed by atoms with Gasteiger partial charge in [0.15, 0.2) is 5.72 Å². The molecular formula is C14H10FNO2. The molecule has 0 fully saturated rings. The topological polar surface area (TPSA) is 49.3 Å². The summed E-state index contributed by atoms with van der Waals surface area (Å²) in [5.74, 6) is -0.822. The van der Waals surface area contributed by atoms with E-state index in [1.165, 1.54) is 18.2 Å². The van der Waals surface area contributed by atoms with Crippen LogP contribution in [0.3, 0.4) is 0 Å². The molecule has 1 heterocycles. The molecule has 0 radical (unpaired) electrons. The van der Waals surface area contributed by atoms with Crippen molar-refractivity contribution in [2.45, 2.75) is 5.72 Å². The minimum atomic E-state index is -1.66. The first-order valence-corrected chi connectivity index (χ1v) is 5.52. The summed E-state index contributed by atoms with van der Waals surface area (Å²) >= 11 is 0. The van der Waals surface area contributed by atoms with Crippen LogP contribution in [0.25, 0.3) is 0 Å². The second-order valence-corrected chi connectivity index (χ2v) is 4.22. The second-order valence-electron chi connectivity index (χ2n) is 4.22. The van der Waals surface area contributed by atoms with Crippen LogP contribution in [0.1, 0.15) is 21.5 Å². The van der Waals surface area contributed by atoms with Gasteiger partial charge >= 0.3 is 0 Å². The third-order valence-corrected chi connectivity index (χ3v) is 3.10. The zero-order valence-electron chi connectivity index (χ0n) is 9.35. The van der Waals surface area contributed by atoms with Gasteiger partial charge in [0.2, 0.25) is 0 Å². The molecule has 0 spiro atoms. The second kappa shape index (κ2) is 3.65. The van der Waals surface area contributed by atoms with Crippen molar-refractivity contribution in [1.29, 1.82) is 0 Å². The molecule has 0 aliphatic carbocycles. The summed E-state index contributed by atoms with van der Waals surface area (Å²) in [6, 6.07) is 12.3. The highest BCUT2D eigenvalue weighted by molar-refractivity contribution is 6.00. The highest BCUT2D eigenvalue weighted by Gasteiger charge is 2.42. The lowest BCUT2D eigenvalue weighted by atomic mass is 9.94. The molecule has 90 valence electrons. The zero-order valence-corrected chi connectivity index (χ0v) is 9.35. The first-order valence-electron chi connectivity index (χ1n) is 5.52. The van der Waals surface area contributed by atoms with Crippen LogP contribution in [-0.2, 0) is 5.72 Å². The summed E-state index contributed by atoms with van der Waals surface area (Å²) in [5.41, 5.74) is -0.499. The molecular weight excluding hydrogens is 233 g/mol. The number of amides is 1. The smallest absolute Gasteiger partial charge is 0.254 e. The highest BCUT2D eigenvalue weighted by atomic mass is 19.1. The number of carbonyl (C=O) groups excluding carboxylic acids is 1. The third kappa shape index (κ3) is 1.43. The van der Waals surface area contributed by atoms with Gasteiger partial charge in [-0.15, -0.1) is 0 Å². The van der Waals surface area contributed by atoms with Gasteiger partial charge in [-0.1, -0.05) is 30.3 Å². The summed E-state index contributed by atoms with van der Waals surface area (Å²) in [6.07, 6.45) is 0. The van der Waals surface area contributed by atoms with E-state index < -0.39 is 11.5 Å². The third-order valence-electron chi connectivity index (χ3n) is 3.10. The Kier molecular flexibility index (Phi) is 2.21. The Balaban J connectivity index is 2.21. The minimum absolute atomic E-state index is 0.306. The first-order chi connectivity index (χ1) is 8.61. The van der Waals surface area contributed by atoms with Gasteiger partial charge in [0, 0.05) is 16.7 Å². The SMILES string of the molecule is O=C1NC(O)(c2cccc(F)c2)c2ccccc21. The normalized spacial score (nSPS) is 21.6. The molecule has 1 atom stereocenters. The molecule has 4 heteroatoms. The lowest BCUT2D eigenvalue weighted by Gasteiger charge is -2.24. The molecule has 2 aromatic rings. The first kappa shape index (κ1) is 10.9. The van der Waals surface area contributed by atoms with Crippen molar-refractivity contribution < 1.29 is 14.3 Å². The molecule has 2 N–H and O–H groups in total. The number of rotatable bonds is 1. The minimum Gasteiger partial charge on any atom is -0.363 e. The Labute approximate surface area is 103 Å². The quantitative estimate of drug-likeness (QED) is 0.801. The van der Waals surface area contributed by atoms with Gasteiger partial charge in [-0.25, -0.2) is 4.39 Å². The lowest BCUT2D eigenvalue weighted by molar-refractivity contribution is 0.0473. The van der Waals surface area contributed by atoms with Gasteiger partial charge in [-0.05, 0) is 18.2 Å². The maximum Gasteiger partial charge on any atom is 0.254 e. The van der Waals surface area contributed by atoms with E-state index in [0.717, 1.165) is 0 Å². The maximum atomic E-state index is 13.2. The van der Waals surface area contributed by atoms with Crippen molar-refractivity contribution >= 4 is 5.91 Å². The van der Waals surface area contributed by atoms with Crippen LogP contribution in [0.4, 0.5) is 4.39 Å². The fourth-order valence-electron chi connectivity index (χ4n) is 2.24. The van der Waals surface area contributed by atoms with E-state index in [2.05, 4.69) is 5.32 Å². The zero-order chi connectivity index (χ0) is 12.8. The van der Waals surface area contributed by atoms with Gasteiger partial charge in [0.1, 0.15) is 5.82 Å². The summed E-state index contributed by atoms with van der Waals surface area (Å²) < 4.78 is 13.2. The van der Waals surface area contributed by atoms with Crippen molar-refractivity contribution in [2.24, 2.45) is 0 Å². The van der Waals surface area contributed by atoms with Gasteiger partial charge in [-0.3, -0.25) is 4.79 Å². The van der Waals surface area contributed by atoms with Crippen LogP contribution in [0, 0.1) is 5.82 Å². The summed E-state index contributed by atoms with van der Waals surface area (Å²) in [7, 11) is 0. The van der Waals surface area contributed by atoms with E-state index in [4.69, 9.17) is 0 Å². The molecule has 18 heavy (non-hydrogen) atoms. The van der Waals surface area contributed by atoms with E-state index in [0.29, 0.717) is 16.7 Å². The van der Waals surface area contributed by atoms with Crippen molar-refractivity contribution in [3.63, 3.8) is 0 Å². The molecule has 3 rings (SSSR count). The fraction of sp³-hybridized carbons (Fsp3) is 0.0714. The number of hydrogen-bond donors (Lipinski definition) is 2. The van der Waals surface area contributed by atoms with Crippen molar-refractivity contribution in [2.75, 3.05) is 0 Å². The van der Waals surface area contributed by atoms with Crippen LogP contribution in [0.5, 0.6) is 0 Å². The van der Waals surface area contributed by atoms with E-state index in [1.54, 1.807) is 30.3 Å². The summed E-state index contributed by atoms with van der Waals surface area (Å²) in [4.78, 5) is 11.8. The van der Waals surface area contributed by atoms with E-state index in [1.807, 2.05) is 0 Å². The number of hydrogen-bond acceptors (Lipinski definition) is 2. The number of aliphatic hydroxyl groups is 1. The van der Waals surface area contributed by atoms with Gasteiger partial charge < -0.3 is 10.4 Å². The van der Waals surface area contributed by atoms with Gasteiger partial charge in [-0.2, -0.15) is 0 Å². The van der Waals surface area contributed by atoms with Crippen molar-refractivity contribution in [3.05, 3.63) is 71.0 Å². The van der Waals surface area contributed by atoms with Crippen LogP contribution < -0.4 is 5.32 Å². The predicted octanol–water partition coefficient (Wildman–Crippen LogP) is 1.76. The number of carbonyl (C=O) groups is 1. The Bertz CT molecular complexity index is 641. The molecule has 1 amide bonds. The summed E-state index contributed by atoms with van der Waals surface area (Å²) in [5, 5.41) is 13.1. The number of halogens is 1. The summed E-state index contributed by atoms with van der Waals surface area (Å²) in [6.45, 7) is 0. The molecule has 0 aromatic heterocycles. The molecule has 1 aliphatic heterocycles. The van der Waals surface area contributed by atoms with E-state index in [-0.39, 0.29) is 5.91 Å². The average Bonchev–Trinajstić information content (AvgIpc) is 2.64. The maximum absolute atomic E-state index is 13.2. The van der Waals surface area contributed by atoms with Crippen LogP contribution in [0.2, 0.25) is 0 Å². The van der Waals surface area contributed by atoms with Crippen LogP contribution >= 0.6 is 0 Å². The number of benzene rings is 2. The number of fused-ring (bicyclic) bond motifs is 1. The molecule has 3 nitrogen and oxygen atoms in total. The van der Waals surface area contributed by atoms with Crippen LogP contribution in [0.15, 0.2) is 48.5 Å². The molecule has 1 aliphatic rings. The van der Waals surface area contributed by atoms with Gasteiger partial charge in [0.05, 0.1) is 0 Å². The Morgan fingerprint density at radius 1 is 1.11 bits per heavy atom. The standard InChI is InChI=1S/C14H10FNO2/c15-10-5-3-4-9(8-10)14(18)12-7-2-1-6-11(12)13(17)16-14/h1-8,18H,(H,16,17). The van der Waals surface area contributed by atoms with Crippen molar-refractivity contribution in [1.82, 2.24) is 5.32 Å². The highest BCUT2D eigenvalue weighted by Crippen LogP contribution is 2.34. The largest absolute Gasteiger partial charge is 0.363 e. The van der Waals surface area contributed by atoms with Gasteiger partial charge in [0.25, 0.3) is 5.91 Å². The Hall–Kier alpha value is -2.20. The molecule has 0 bridgehead atoms. The monoisotopic (exact) mass is 243 g/mol.